The first-order chi connectivity index (χ1) is 8.08. The van der Waals surface area contributed by atoms with E-state index >= 15 is 0 Å². The quantitative estimate of drug-likeness (QED) is 0.894. The average Bonchev–Trinajstić information content (AvgIpc) is 2.86. The summed E-state index contributed by atoms with van der Waals surface area (Å²) in [5.74, 6) is 0.683. The van der Waals surface area contributed by atoms with Crippen LogP contribution in [0.4, 0.5) is 0 Å². The van der Waals surface area contributed by atoms with Crippen molar-refractivity contribution >= 4 is 16.9 Å². The standard InChI is InChI=1S/C12H20N4S/c1-8(2)11-7-14-12(17-11)13-5-10-6-15-16(4)9(10)3/h6,8,11H,5,7H2,1-4H3,(H,13,14). The summed E-state index contributed by atoms with van der Waals surface area (Å²) < 4.78 is 1.90. The minimum Gasteiger partial charge on any atom is -0.361 e. The van der Waals surface area contributed by atoms with Crippen LogP contribution in [-0.4, -0.2) is 26.7 Å². The molecule has 1 aromatic heterocycles. The lowest BCUT2D eigenvalue weighted by Crippen LogP contribution is -2.20. The summed E-state index contributed by atoms with van der Waals surface area (Å²) >= 11 is 1.86. The molecule has 1 aromatic rings. The van der Waals surface area contributed by atoms with Crippen molar-refractivity contribution in [3.8, 4) is 0 Å². The summed E-state index contributed by atoms with van der Waals surface area (Å²) in [6, 6.07) is 0. The Morgan fingerprint density at radius 3 is 2.88 bits per heavy atom. The summed E-state index contributed by atoms with van der Waals surface area (Å²) in [5.41, 5.74) is 2.45. The minimum atomic E-state index is 0.632. The van der Waals surface area contributed by atoms with Crippen LogP contribution in [0.3, 0.4) is 0 Å². The van der Waals surface area contributed by atoms with E-state index in [2.05, 4.69) is 36.2 Å². The maximum atomic E-state index is 4.53. The van der Waals surface area contributed by atoms with E-state index in [0.29, 0.717) is 11.2 Å². The van der Waals surface area contributed by atoms with E-state index < -0.39 is 0 Å². The van der Waals surface area contributed by atoms with E-state index in [1.54, 1.807) is 0 Å². The van der Waals surface area contributed by atoms with Crippen molar-refractivity contribution in [2.24, 2.45) is 18.0 Å². The molecule has 0 spiro atoms. The van der Waals surface area contributed by atoms with Crippen LogP contribution < -0.4 is 5.32 Å². The molecule has 2 rings (SSSR count). The minimum absolute atomic E-state index is 0.632. The monoisotopic (exact) mass is 252 g/mol. The van der Waals surface area contributed by atoms with Crippen molar-refractivity contribution in [1.29, 1.82) is 0 Å². The Labute approximate surface area is 107 Å². The first kappa shape index (κ1) is 12.5. The summed E-state index contributed by atoms with van der Waals surface area (Å²) in [6.07, 6.45) is 1.92. The molecule has 94 valence electrons. The van der Waals surface area contributed by atoms with Crippen LogP contribution in [-0.2, 0) is 13.6 Å². The van der Waals surface area contributed by atoms with E-state index in [9.17, 15) is 0 Å². The third-order valence-corrected chi connectivity index (χ3v) is 4.68. The van der Waals surface area contributed by atoms with Gasteiger partial charge in [-0.2, -0.15) is 5.10 Å². The van der Waals surface area contributed by atoms with E-state index in [4.69, 9.17) is 0 Å². The van der Waals surface area contributed by atoms with Gasteiger partial charge in [0.1, 0.15) is 0 Å². The van der Waals surface area contributed by atoms with Crippen LogP contribution in [0.25, 0.3) is 0 Å². The second-order valence-corrected chi connectivity index (χ2v) is 6.01. The number of aliphatic imine (C=N–C) groups is 1. The summed E-state index contributed by atoms with van der Waals surface area (Å²) in [7, 11) is 1.97. The fourth-order valence-electron chi connectivity index (χ4n) is 1.72. The maximum absolute atomic E-state index is 4.53. The molecule has 2 heterocycles. The molecule has 0 aromatic carbocycles. The Kier molecular flexibility index (Phi) is 3.76. The van der Waals surface area contributed by atoms with E-state index in [1.807, 2.05) is 29.7 Å². The zero-order chi connectivity index (χ0) is 12.4. The van der Waals surface area contributed by atoms with Gasteiger partial charge in [-0.3, -0.25) is 9.67 Å². The van der Waals surface area contributed by atoms with Crippen LogP contribution in [0.5, 0.6) is 0 Å². The van der Waals surface area contributed by atoms with Gasteiger partial charge in [0.05, 0.1) is 12.7 Å². The molecule has 1 N–H and O–H groups in total. The van der Waals surface area contributed by atoms with Crippen molar-refractivity contribution in [3.05, 3.63) is 17.5 Å². The molecule has 1 unspecified atom stereocenters. The van der Waals surface area contributed by atoms with Crippen LogP contribution >= 0.6 is 11.8 Å². The molecule has 4 nitrogen and oxygen atoms in total. The lowest BCUT2D eigenvalue weighted by Gasteiger charge is -2.12. The van der Waals surface area contributed by atoms with Gasteiger partial charge in [0.15, 0.2) is 5.17 Å². The molecule has 0 aliphatic carbocycles. The largest absolute Gasteiger partial charge is 0.361 e. The molecule has 5 heteroatoms. The smallest absolute Gasteiger partial charge is 0.157 e. The second kappa shape index (κ2) is 5.12. The number of hydrogen-bond donors (Lipinski definition) is 1. The zero-order valence-corrected chi connectivity index (χ0v) is 11.7. The van der Waals surface area contributed by atoms with Crippen LogP contribution in [0, 0.1) is 12.8 Å². The number of aromatic nitrogens is 2. The molecule has 1 atom stereocenters. The van der Waals surface area contributed by atoms with Gasteiger partial charge >= 0.3 is 0 Å². The number of nitrogens with one attached hydrogen (secondary N) is 1. The van der Waals surface area contributed by atoms with Gasteiger partial charge < -0.3 is 5.32 Å². The summed E-state index contributed by atoms with van der Waals surface area (Å²) in [5, 5.41) is 9.34. The molecular weight excluding hydrogens is 232 g/mol. The second-order valence-electron chi connectivity index (χ2n) is 4.78. The van der Waals surface area contributed by atoms with Gasteiger partial charge in [-0.1, -0.05) is 25.6 Å². The number of hydrogen-bond acceptors (Lipinski definition) is 4. The molecule has 0 amide bonds. The first-order valence-electron chi connectivity index (χ1n) is 6.00. The van der Waals surface area contributed by atoms with Crippen LogP contribution in [0.15, 0.2) is 11.2 Å². The molecule has 1 aliphatic heterocycles. The highest BCUT2D eigenvalue weighted by atomic mass is 32.2. The molecular formula is C12H20N4S. The SMILES string of the molecule is Cc1c(CNC2=NCC(C(C)C)S2)cnn1C. The van der Waals surface area contributed by atoms with Crippen molar-refractivity contribution in [3.63, 3.8) is 0 Å². The maximum Gasteiger partial charge on any atom is 0.157 e. The van der Waals surface area contributed by atoms with Crippen molar-refractivity contribution in [1.82, 2.24) is 15.1 Å². The third-order valence-electron chi connectivity index (χ3n) is 3.19. The molecule has 1 aliphatic rings. The predicted octanol–water partition coefficient (Wildman–Crippen LogP) is 1.95. The van der Waals surface area contributed by atoms with Gasteiger partial charge in [-0.15, -0.1) is 0 Å². The van der Waals surface area contributed by atoms with Gasteiger partial charge in [0.25, 0.3) is 0 Å². The van der Waals surface area contributed by atoms with Crippen molar-refractivity contribution in [2.45, 2.75) is 32.6 Å². The third kappa shape index (κ3) is 2.83. The van der Waals surface area contributed by atoms with Crippen LogP contribution in [0.2, 0.25) is 0 Å². The Balaban J connectivity index is 1.86. The number of thioether (sulfide) groups is 1. The Bertz CT molecular complexity index is 422. The van der Waals surface area contributed by atoms with Gasteiger partial charge in [-0.05, 0) is 12.8 Å². The van der Waals surface area contributed by atoms with Gasteiger partial charge in [0, 0.05) is 30.1 Å². The highest BCUT2D eigenvalue weighted by Crippen LogP contribution is 2.26. The topological polar surface area (TPSA) is 42.2 Å². The fraction of sp³-hybridized carbons (Fsp3) is 0.667. The first-order valence-corrected chi connectivity index (χ1v) is 6.88. The summed E-state index contributed by atoms with van der Waals surface area (Å²) in [4.78, 5) is 4.53. The lowest BCUT2D eigenvalue weighted by molar-refractivity contribution is 0.621. The average molecular weight is 252 g/mol. The van der Waals surface area contributed by atoms with Gasteiger partial charge in [-0.25, -0.2) is 0 Å². The molecule has 0 saturated heterocycles. The highest BCUT2D eigenvalue weighted by molar-refractivity contribution is 8.14. The van der Waals surface area contributed by atoms with Crippen molar-refractivity contribution in [2.75, 3.05) is 6.54 Å². The fourth-order valence-corrected chi connectivity index (χ4v) is 2.74. The Morgan fingerprint density at radius 1 is 1.59 bits per heavy atom. The Morgan fingerprint density at radius 2 is 2.35 bits per heavy atom. The lowest BCUT2D eigenvalue weighted by atomic mass is 10.1. The molecule has 0 bridgehead atoms. The predicted molar refractivity (Wildman–Crippen MR) is 73.3 cm³/mol. The molecule has 0 radical (unpaired) electrons. The number of aryl methyl sites for hydroxylation is 1. The zero-order valence-electron chi connectivity index (χ0n) is 10.9. The molecule has 17 heavy (non-hydrogen) atoms. The number of nitrogens with zero attached hydrogens (tertiary/aromatic N) is 3. The number of rotatable bonds is 3. The molecule has 0 fully saturated rings. The van der Waals surface area contributed by atoms with E-state index in [-0.39, 0.29) is 0 Å². The molecule has 0 saturated carbocycles. The van der Waals surface area contributed by atoms with Crippen LogP contribution in [0.1, 0.15) is 25.1 Å². The van der Waals surface area contributed by atoms with E-state index in [0.717, 1.165) is 18.3 Å². The number of amidine groups is 1. The summed E-state index contributed by atoms with van der Waals surface area (Å²) in [6.45, 7) is 8.35. The normalized spacial score (nSPS) is 19.8. The highest BCUT2D eigenvalue weighted by Gasteiger charge is 2.22. The van der Waals surface area contributed by atoms with Crippen molar-refractivity contribution < 1.29 is 0 Å². The Hall–Kier alpha value is -0.970. The van der Waals surface area contributed by atoms with E-state index in [1.165, 1.54) is 11.3 Å². The van der Waals surface area contributed by atoms with Gasteiger partial charge in [0.2, 0.25) is 0 Å².